The average Bonchev–Trinajstić information content (AvgIpc) is 2.63. The van der Waals surface area contributed by atoms with Gasteiger partial charge < -0.3 is 25.6 Å². The zero-order valence-corrected chi connectivity index (χ0v) is 15.6. The van der Waals surface area contributed by atoms with Crippen molar-refractivity contribution in [2.75, 3.05) is 46.4 Å². The molecule has 1 aliphatic heterocycles. The molecule has 0 bridgehead atoms. The van der Waals surface area contributed by atoms with Gasteiger partial charge in [0, 0.05) is 38.9 Å². The number of carbonyl (C=O) groups is 3. The molecular formula is C17H25ClN4O4. The predicted octanol–water partition coefficient (Wildman–Crippen LogP) is -0.467. The van der Waals surface area contributed by atoms with Crippen LogP contribution in [0.15, 0.2) is 24.3 Å². The Kier molecular flexibility index (Phi) is 9.64. The van der Waals surface area contributed by atoms with Crippen molar-refractivity contribution in [1.29, 1.82) is 0 Å². The highest BCUT2D eigenvalue weighted by Crippen LogP contribution is 2.09. The summed E-state index contributed by atoms with van der Waals surface area (Å²) in [7, 11) is 1.61. The lowest BCUT2D eigenvalue weighted by Gasteiger charge is -2.26. The molecule has 1 saturated heterocycles. The van der Waals surface area contributed by atoms with Gasteiger partial charge in [0.15, 0.2) is 0 Å². The van der Waals surface area contributed by atoms with E-state index in [2.05, 4.69) is 16.0 Å². The Bertz CT molecular complexity index is 609. The van der Waals surface area contributed by atoms with Crippen LogP contribution in [-0.2, 0) is 20.9 Å². The molecule has 0 saturated carbocycles. The molecule has 0 atom stereocenters. The van der Waals surface area contributed by atoms with E-state index in [1.165, 1.54) is 4.90 Å². The second-order valence-electron chi connectivity index (χ2n) is 5.72. The number of rotatable bonds is 8. The van der Waals surface area contributed by atoms with Crippen molar-refractivity contribution in [3.63, 3.8) is 0 Å². The molecule has 9 heteroatoms. The SMILES string of the molecule is COCCNCC(=O)NCc1ccc(C(=O)N2CCNC(=O)C2)cc1.Cl. The molecule has 0 aromatic heterocycles. The minimum Gasteiger partial charge on any atom is -0.383 e. The third kappa shape index (κ3) is 6.99. The van der Waals surface area contributed by atoms with Gasteiger partial charge in [-0.25, -0.2) is 0 Å². The summed E-state index contributed by atoms with van der Waals surface area (Å²) < 4.78 is 4.89. The van der Waals surface area contributed by atoms with Crippen LogP contribution in [-0.4, -0.2) is 69.1 Å². The molecular weight excluding hydrogens is 360 g/mol. The fraction of sp³-hybridized carbons (Fsp3) is 0.471. The van der Waals surface area contributed by atoms with Crippen LogP contribution in [0.5, 0.6) is 0 Å². The highest BCUT2D eigenvalue weighted by atomic mass is 35.5. The number of carbonyl (C=O) groups excluding carboxylic acids is 3. The number of hydrogen-bond acceptors (Lipinski definition) is 5. The number of ether oxygens (including phenoxy) is 1. The lowest BCUT2D eigenvalue weighted by Crippen LogP contribution is -2.49. The maximum atomic E-state index is 12.4. The fourth-order valence-electron chi connectivity index (χ4n) is 2.40. The molecule has 8 nitrogen and oxygen atoms in total. The van der Waals surface area contributed by atoms with Crippen LogP contribution >= 0.6 is 12.4 Å². The third-order valence-electron chi connectivity index (χ3n) is 3.78. The van der Waals surface area contributed by atoms with Gasteiger partial charge in [-0.15, -0.1) is 12.4 Å². The van der Waals surface area contributed by atoms with E-state index in [1.54, 1.807) is 31.4 Å². The van der Waals surface area contributed by atoms with Gasteiger partial charge in [0.05, 0.1) is 19.7 Å². The summed E-state index contributed by atoms with van der Waals surface area (Å²) in [5.41, 5.74) is 1.43. The first-order valence-corrected chi connectivity index (χ1v) is 8.21. The highest BCUT2D eigenvalue weighted by Gasteiger charge is 2.22. The molecule has 1 fully saturated rings. The van der Waals surface area contributed by atoms with E-state index >= 15 is 0 Å². The van der Waals surface area contributed by atoms with Crippen molar-refractivity contribution in [3.05, 3.63) is 35.4 Å². The van der Waals surface area contributed by atoms with Crippen LogP contribution < -0.4 is 16.0 Å². The number of piperazine rings is 1. The largest absolute Gasteiger partial charge is 0.383 e. The van der Waals surface area contributed by atoms with Crippen LogP contribution in [0.4, 0.5) is 0 Å². The molecule has 2 rings (SSSR count). The number of methoxy groups -OCH3 is 1. The molecule has 1 aliphatic rings. The van der Waals surface area contributed by atoms with E-state index in [1.807, 2.05) is 0 Å². The van der Waals surface area contributed by atoms with Crippen molar-refractivity contribution in [2.45, 2.75) is 6.54 Å². The first kappa shape index (κ1) is 21.9. The molecule has 1 heterocycles. The van der Waals surface area contributed by atoms with Gasteiger partial charge in [-0.2, -0.15) is 0 Å². The summed E-state index contributed by atoms with van der Waals surface area (Å²) >= 11 is 0. The van der Waals surface area contributed by atoms with Crippen molar-refractivity contribution >= 4 is 30.1 Å². The Balaban J connectivity index is 0.00000338. The minimum absolute atomic E-state index is 0. The van der Waals surface area contributed by atoms with E-state index in [9.17, 15) is 14.4 Å². The summed E-state index contributed by atoms with van der Waals surface area (Å²) in [6.45, 7) is 2.89. The standard InChI is InChI=1S/C17H24N4O4.ClH/c1-25-9-7-18-11-15(22)20-10-13-2-4-14(5-3-13)17(24)21-8-6-19-16(23)12-21;/h2-5,18H,6-12H2,1H3,(H,19,23)(H,20,22);1H. The van der Waals surface area contributed by atoms with E-state index < -0.39 is 0 Å². The van der Waals surface area contributed by atoms with E-state index in [-0.39, 0.29) is 43.2 Å². The van der Waals surface area contributed by atoms with Crippen molar-refractivity contribution in [1.82, 2.24) is 20.9 Å². The van der Waals surface area contributed by atoms with E-state index in [4.69, 9.17) is 4.74 Å². The van der Waals surface area contributed by atoms with Crippen molar-refractivity contribution in [2.24, 2.45) is 0 Å². The number of nitrogens with zero attached hydrogens (tertiary/aromatic N) is 1. The zero-order chi connectivity index (χ0) is 18.1. The van der Waals surface area contributed by atoms with E-state index in [0.29, 0.717) is 38.3 Å². The Morgan fingerprint density at radius 3 is 2.65 bits per heavy atom. The molecule has 3 amide bonds. The summed E-state index contributed by atoms with van der Waals surface area (Å²) in [6.07, 6.45) is 0. The van der Waals surface area contributed by atoms with E-state index in [0.717, 1.165) is 5.56 Å². The summed E-state index contributed by atoms with van der Waals surface area (Å²) in [4.78, 5) is 36.9. The molecule has 0 aliphatic carbocycles. The number of hydrogen-bond donors (Lipinski definition) is 3. The van der Waals surface area contributed by atoms with Crippen molar-refractivity contribution in [3.8, 4) is 0 Å². The molecule has 26 heavy (non-hydrogen) atoms. The Morgan fingerprint density at radius 1 is 1.27 bits per heavy atom. The minimum atomic E-state index is -0.159. The highest BCUT2D eigenvalue weighted by molar-refractivity contribution is 5.97. The van der Waals surface area contributed by atoms with Gasteiger partial charge in [0.2, 0.25) is 11.8 Å². The molecule has 0 spiro atoms. The summed E-state index contributed by atoms with van der Waals surface area (Å²) in [6, 6.07) is 7.03. The second kappa shape index (κ2) is 11.5. The topological polar surface area (TPSA) is 99.8 Å². The smallest absolute Gasteiger partial charge is 0.254 e. The maximum Gasteiger partial charge on any atom is 0.254 e. The lowest BCUT2D eigenvalue weighted by molar-refractivity contribution is -0.123. The summed E-state index contributed by atoms with van der Waals surface area (Å²) in [5, 5.41) is 8.46. The number of benzene rings is 1. The molecule has 3 N–H and O–H groups in total. The van der Waals surface area contributed by atoms with Gasteiger partial charge in [-0.05, 0) is 17.7 Å². The lowest BCUT2D eigenvalue weighted by atomic mass is 10.1. The van der Waals surface area contributed by atoms with Crippen LogP contribution in [0.1, 0.15) is 15.9 Å². The molecule has 1 aromatic rings. The van der Waals surface area contributed by atoms with Crippen LogP contribution in [0.3, 0.4) is 0 Å². The molecule has 144 valence electrons. The second-order valence-corrected chi connectivity index (χ2v) is 5.72. The maximum absolute atomic E-state index is 12.4. The number of amides is 3. The van der Waals surface area contributed by atoms with Gasteiger partial charge >= 0.3 is 0 Å². The average molecular weight is 385 g/mol. The van der Waals surface area contributed by atoms with Crippen molar-refractivity contribution < 1.29 is 19.1 Å². The van der Waals surface area contributed by atoms with Crippen LogP contribution in [0.25, 0.3) is 0 Å². The summed E-state index contributed by atoms with van der Waals surface area (Å²) in [5.74, 6) is -0.401. The molecule has 0 radical (unpaired) electrons. The monoisotopic (exact) mass is 384 g/mol. The molecule has 1 aromatic carbocycles. The Hall–Kier alpha value is -2.16. The number of nitrogens with one attached hydrogen (secondary N) is 3. The predicted molar refractivity (Wildman–Crippen MR) is 99.2 cm³/mol. The normalized spacial score (nSPS) is 13.6. The van der Waals surface area contributed by atoms with Crippen LogP contribution in [0.2, 0.25) is 0 Å². The first-order valence-electron chi connectivity index (χ1n) is 8.21. The van der Waals surface area contributed by atoms with Gasteiger partial charge in [0.25, 0.3) is 5.91 Å². The van der Waals surface area contributed by atoms with Crippen LogP contribution in [0, 0.1) is 0 Å². The Morgan fingerprint density at radius 2 is 2.00 bits per heavy atom. The zero-order valence-electron chi connectivity index (χ0n) is 14.7. The quantitative estimate of drug-likeness (QED) is 0.526. The van der Waals surface area contributed by atoms with Gasteiger partial charge in [-0.1, -0.05) is 12.1 Å². The van der Waals surface area contributed by atoms with Gasteiger partial charge in [-0.3, -0.25) is 14.4 Å². The molecule has 0 unspecified atom stereocenters. The first-order chi connectivity index (χ1) is 12.1. The number of halogens is 1. The fourth-order valence-corrected chi connectivity index (χ4v) is 2.40. The third-order valence-corrected chi connectivity index (χ3v) is 3.78. The Labute approximate surface area is 159 Å². The van der Waals surface area contributed by atoms with Gasteiger partial charge in [0.1, 0.15) is 0 Å².